The average molecular weight is 274 g/mol. The Morgan fingerprint density at radius 1 is 0.667 bits per heavy atom. The molecule has 0 aliphatic carbocycles. The molecule has 0 fully saturated rings. The van der Waals surface area contributed by atoms with E-state index in [1.165, 1.54) is 5.56 Å². The van der Waals surface area contributed by atoms with Crippen molar-refractivity contribution >= 4 is 22.7 Å². The lowest BCUT2D eigenvalue weighted by molar-refractivity contribution is 1.25. The Hall–Kier alpha value is -2.74. The predicted octanol–water partition coefficient (Wildman–Crippen LogP) is 5.05. The third-order valence-corrected chi connectivity index (χ3v) is 3.55. The molecule has 2 heteroatoms. The summed E-state index contributed by atoms with van der Waals surface area (Å²) in [5, 5.41) is 0. The van der Waals surface area contributed by atoms with Gasteiger partial charge in [-0.1, -0.05) is 48.5 Å². The van der Waals surface area contributed by atoms with Gasteiger partial charge in [0.25, 0.3) is 0 Å². The quantitative estimate of drug-likeness (QED) is 0.677. The number of para-hydroxylation sites is 4. The molecule has 0 heterocycles. The van der Waals surface area contributed by atoms with E-state index in [1.54, 1.807) is 0 Å². The van der Waals surface area contributed by atoms with Gasteiger partial charge in [0.1, 0.15) is 0 Å². The minimum atomic E-state index is 0.768. The monoisotopic (exact) mass is 274 g/mol. The van der Waals surface area contributed by atoms with Crippen LogP contribution in [-0.4, -0.2) is 0 Å². The van der Waals surface area contributed by atoms with Gasteiger partial charge in [0.05, 0.1) is 11.4 Å². The molecule has 0 aromatic heterocycles. The summed E-state index contributed by atoms with van der Waals surface area (Å²) in [7, 11) is 0. The summed E-state index contributed by atoms with van der Waals surface area (Å²) < 4.78 is 0. The number of anilines is 4. The number of nitrogens with two attached hydrogens (primary N) is 1. The van der Waals surface area contributed by atoms with Gasteiger partial charge < -0.3 is 10.6 Å². The number of hydrogen-bond acceptors (Lipinski definition) is 2. The average Bonchev–Trinajstić information content (AvgIpc) is 2.52. The van der Waals surface area contributed by atoms with E-state index in [0.29, 0.717) is 0 Å². The van der Waals surface area contributed by atoms with Crippen LogP contribution in [0.15, 0.2) is 78.9 Å². The number of benzene rings is 3. The van der Waals surface area contributed by atoms with E-state index in [-0.39, 0.29) is 0 Å². The molecule has 21 heavy (non-hydrogen) atoms. The van der Waals surface area contributed by atoms with Gasteiger partial charge in [0.15, 0.2) is 0 Å². The van der Waals surface area contributed by atoms with Crippen LogP contribution in [0.4, 0.5) is 22.7 Å². The van der Waals surface area contributed by atoms with Gasteiger partial charge in [0.2, 0.25) is 0 Å². The standard InChI is InChI=1S/C19H18N2/c1-15-9-5-7-13-18(15)21(16-10-3-2-4-11-16)19-14-8-6-12-17(19)20/h2-14H,20H2,1H3. The number of nitrogen functional groups attached to an aromatic ring is 1. The molecule has 0 saturated carbocycles. The van der Waals surface area contributed by atoms with Gasteiger partial charge in [-0.25, -0.2) is 0 Å². The molecule has 0 bridgehead atoms. The van der Waals surface area contributed by atoms with Crippen molar-refractivity contribution in [3.63, 3.8) is 0 Å². The molecule has 2 nitrogen and oxygen atoms in total. The smallest absolute Gasteiger partial charge is 0.0691 e. The van der Waals surface area contributed by atoms with Crippen molar-refractivity contribution in [1.29, 1.82) is 0 Å². The Morgan fingerprint density at radius 2 is 1.24 bits per heavy atom. The Labute approximate surface area is 125 Å². The Bertz CT molecular complexity index is 690. The maximum absolute atomic E-state index is 6.20. The van der Waals surface area contributed by atoms with E-state index >= 15 is 0 Å². The summed E-state index contributed by atoms with van der Waals surface area (Å²) in [6.45, 7) is 2.12. The molecule has 104 valence electrons. The van der Waals surface area contributed by atoms with Gasteiger partial charge in [-0.3, -0.25) is 0 Å². The van der Waals surface area contributed by atoms with Crippen LogP contribution in [-0.2, 0) is 0 Å². The first-order valence-corrected chi connectivity index (χ1v) is 7.02. The third-order valence-electron chi connectivity index (χ3n) is 3.55. The van der Waals surface area contributed by atoms with Crippen molar-refractivity contribution < 1.29 is 0 Å². The molecule has 0 atom stereocenters. The van der Waals surface area contributed by atoms with Crippen LogP contribution >= 0.6 is 0 Å². The molecule has 0 amide bonds. The number of rotatable bonds is 3. The number of nitrogens with zero attached hydrogens (tertiary/aromatic N) is 1. The first-order chi connectivity index (χ1) is 10.3. The predicted molar refractivity (Wildman–Crippen MR) is 90.3 cm³/mol. The number of aryl methyl sites for hydroxylation is 1. The van der Waals surface area contributed by atoms with E-state index in [1.807, 2.05) is 36.4 Å². The molecule has 0 spiro atoms. The number of hydrogen-bond donors (Lipinski definition) is 1. The first kappa shape index (κ1) is 13.3. The summed E-state index contributed by atoms with van der Waals surface area (Å²) in [6, 6.07) is 26.6. The Kier molecular flexibility index (Phi) is 3.61. The molecular formula is C19H18N2. The molecular weight excluding hydrogens is 256 g/mol. The fraction of sp³-hybridized carbons (Fsp3) is 0.0526. The summed E-state index contributed by atoms with van der Waals surface area (Å²) in [5.74, 6) is 0. The zero-order valence-electron chi connectivity index (χ0n) is 12.0. The van der Waals surface area contributed by atoms with E-state index in [0.717, 1.165) is 22.7 Å². The van der Waals surface area contributed by atoms with E-state index < -0.39 is 0 Å². The first-order valence-electron chi connectivity index (χ1n) is 7.02. The second kappa shape index (κ2) is 5.71. The lowest BCUT2D eigenvalue weighted by Crippen LogP contribution is -2.12. The van der Waals surface area contributed by atoms with Crippen LogP contribution in [0.5, 0.6) is 0 Å². The van der Waals surface area contributed by atoms with Crippen LogP contribution in [0.25, 0.3) is 0 Å². The van der Waals surface area contributed by atoms with Crippen molar-refractivity contribution in [2.75, 3.05) is 10.6 Å². The lowest BCUT2D eigenvalue weighted by atomic mass is 10.1. The maximum atomic E-state index is 6.20. The van der Waals surface area contributed by atoms with Gasteiger partial charge >= 0.3 is 0 Å². The van der Waals surface area contributed by atoms with Crippen molar-refractivity contribution in [3.8, 4) is 0 Å². The van der Waals surface area contributed by atoms with Crippen LogP contribution < -0.4 is 10.6 Å². The summed E-state index contributed by atoms with van der Waals surface area (Å²) in [4.78, 5) is 2.20. The maximum Gasteiger partial charge on any atom is 0.0691 e. The highest BCUT2D eigenvalue weighted by molar-refractivity contribution is 5.84. The fourth-order valence-electron chi connectivity index (χ4n) is 2.49. The third kappa shape index (κ3) is 2.61. The summed E-state index contributed by atoms with van der Waals surface area (Å²) in [6.07, 6.45) is 0. The van der Waals surface area contributed by atoms with E-state index in [4.69, 9.17) is 5.73 Å². The summed E-state index contributed by atoms with van der Waals surface area (Å²) >= 11 is 0. The molecule has 3 aromatic carbocycles. The van der Waals surface area contributed by atoms with E-state index in [2.05, 4.69) is 54.3 Å². The minimum absolute atomic E-state index is 0.768. The lowest BCUT2D eigenvalue weighted by Gasteiger charge is -2.28. The van der Waals surface area contributed by atoms with Gasteiger partial charge in [-0.15, -0.1) is 0 Å². The highest BCUT2D eigenvalue weighted by Crippen LogP contribution is 2.38. The normalized spacial score (nSPS) is 10.3. The van der Waals surface area contributed by atoms with Crippen molar-refractivity contribution in [2.45, 2.75) is 6.92 Å². The second-order valence-electron chi connectivity index (χ2n) is 5.02. The Balaban J connectivity index is 2.22. The van der Waals surface area contributed by atoms with Gasteiger partial charge in [-0.05, 0) is 42.8 Å². The molecule has 3 rings (SSSR count). The van der Waals surface area contributed by atoms with Gasteiger partial charge in [-0.2, -0.15) is 0 Å². The van der Waals surface area contributed by atoms with E-state index in [9.17, 15) is 0 Å². The minimum Gasteiger partial charge on any atom is -0.397 e. The zero-order chi connectivity index (χ0) is 14.7. The molecule has 0 aliphatic rings. The van der Waals surface area contributed by atoms with Crippen molar-refractivity contribution in [3.05, 3.63) is 84.4 Å². The SMILES string of the molecule is Cc1ccccc1N(c1ccccc1)c1ccccc1N. The molecule has 0 radical (unpaired) electrons. The molecule has 0 aliphatic heterocycles. The highest BCUT2D eigenvalue weighted by atomic mass is 15.2. The van der Waals surface area contributed by atoms with Crippen LogP contribution in [0.1, 0.15) is 5.56 Å². The second-order valence-corrected chi connectivity index (χ2v) is 5.02. The topological polar surface area (TPSA) is 29.3 Å². The largest absolute Gasteiger partial charge is 0.397 e. The Morgan fingerprint density at radius 3 is 1.90 bits per heavy atom. The molecule has 0 unspecified atom stereocenters. The van der Waals surface area contributed by atoms with Crippen LogP contribution in [0.3, 0.4) is 0 Å². The van der Waals surface area contributed by atoms with Gasteiger partial charge in [0, 0.05) is 11.4 Å². The van der Waals surface area contributed by atoms with Crippen molar-refractivity contribution in [2.24, 2.45) is 0 Å². The zero-order valence-corrected chi connectivity index (χ0v) is 12.0. The molecule has 2 N–H and O–H groups in total. The summed E-state index contributed by atoms with van der Waals surface area (Å²) in [5.41, 5.74) is 11.4. The fourth-order valence-corrected chi connectivity index (χ4v) is 2.49. The van der Waals surface area contributed by atoms with Crippen LogP contribution in [0, 0.1) is 6.92 Å². The molecule has 0 saturated heterocycles. The van der Waals surface area contributed by atoms with Crippen molar-refractivity contribution in [1.82, 2.24) is 0 Å². The highest BCUT2D eigenvalue weighted by Gasteiger charge is 2.15. The molecule has 3 aromatic rings. The van der Waals surface area contributed by atoms with Crippen LogP contribution in [0.2, 0.25) is 0 Å².